The van der Waals surface area contributed by atoms with E-state index in [-0.39, 0.29) is 22.7 Å². The number of phenols is 1. The first-order valence-corrected chi connectivity index (χ1v) is 11.1. The highest BCUT2D eigenvalue weighted by molar-refractivity contribution is 6.30. The molecule has 182 valence electrons. The Morgan fingerprint density at radius 2 is 1.94 bits per heavy atom. The van der Waals surface area contributed by atoms with Crippen LogP contribution in [0.1, 0.15) is 39.0 Å². The fraction of sp³-hybridized carbons (Fsp3) is 0.308. The zero-order valence-corrected chi connectivity index (χ0v) is 20.9. The Morgan fingerprint density at radius 1 is 1.24 bits per heavy atom. The number of anilines is 1. The van der Waals surface area contributed by atoms with E-state index in [4.69, 9.17) is 25.5 Å². The first-order chi connectivity index (χ1) is 16.0. The molecule has 0 spiro atoms. The largest absolute Gasteiger partial charge is 0.507 e. The summed E-state index contributed by atoms with van der Waals surface area (Å²) < 4.78 is 15.9. The second-order valence-corrected chi connectivity index (χ2v) is 8.51. The highest BCUT2D eigenvalue weighted by Crippen LogP contribution is 2.34. The number of aromatic hydroxyl groups is 1. The molecule has 1 amide bonds. The van der Waals surface area contributed by atoms with Crippen molar-refractivity contribution in [1.29, 1.82) is 0 Å². The Kier molecular flexibility index (Phi) is 9.57. The summed E-state index contributed by atoms with van der Waals surface area (Å²) in [5.74, 6) is 0.904. The number of halogens is 1. The van der Waals surface area contributed by atoms with Gasteiger partial charge in [-0.05, 0) is 59.2 Å². The minimum atomic E-state index is -0.470. The van der Waals surface area contributed by atoms with Crippen LogP contribution in [0.3, 0.4) is 0 Å². The van der Waals surface area contributed by atoms with Gasteiger partial charge in [0.05, 0.1) is 13.2 Å². The van der Waals surface area contributed by atoms with Gasteiger partial charge in [0.25, 0.3) is 0 Å². The minimum Gasteiger partial charge on any atom is -0.507 e. The Balaban J connectivity index is 0.000000257. The van der Waals surface area contributed by atoms with E-state index in [1.54, 1.807) is 45.0 Å². The van der Waals surface area contributed by atoms with Crippen molar-refractivity contribution < 1.29 is 23.8 Å². The van der Waals surface area contributed by atoms with Crippen molar-refractivity contribution >= 4 is 34.4 Å². The van der Waals surface area contributed by atoms with Gasteiger partial charge in [0.2, 0.25) is 0 Å². The maximum Gasteiger partial charge on any atom is 0.411 e. The highest BCUT2D eigenvalue weighted by Gasteiger charge is 2.17. The molecule has 8 heteroatoms. The van der Waals surface area contributed by atoms with Gasteiger partial charge in [-0.1, -0.05) is 29.3 Å². The summed E-state index contributed by atoms with van der Waals surface area (Å²) in [6.07, 6.45) is 2.00. The minimum absolute atomic E-state index is 0.119. The number of amides is 1. The van der Waals surface area contributed by atoms with Crippen LogP contribution in [0.2, 0.25) is 5.02 Å². The molecule has 7 nitrogen and oxygen atoms in total. The molecule has 0 bridgehead atoms. The highest BCUT2D eigenvalue weighted by atomic mass is 35.5. The van der Waals surface area contributed by atoms with Crippen molar-refractivity contribution in [2.45, 2.75) is 47.1 Å². The van der Waals surface area contributed by atoms with Gasteiger partial charge in [-0.2, -0.15) is 0 Å². The van der Waals surface area contributed by atoms with Crippen LogP contribution < -0.4 is 15.5 Å². The third-order valence-electron chi connectivity index (χ3n) is 4.51. The third kappa shape index (κ3) is 7.56. The van der Waals surface area contributed by atoms with Crippen LogP contribution >= 0.6 is 11.6 Å². The third-order valence-corrected chi connectivity index (χ3v) is 4.75. The SMILES string of the molecule is CC(C)OC(=O)Nc1cccc(Cl)c1.COc1cc(O)c2c(=O)cc(C)oc2c1CC=C(C)C. The monoisotopic (exact) mass is 487 g/mol. The van der Waals surface area contributed by atoms with E-state index in [1.165, 1.54) is 19.2 Å². The molecule has 0 radical (unpaired) electrons. The summed E-state index contributed by atoms with van der Waals surface area (Å²) in [6, 6.07) is 9.73. The van der Waals surface area contributed by atoms with Crippen LogP contribution in [-0.4, -0.2) is 24.4 Å². The first-order valence-electron chi connectivity index (χ1n) is 10.7. The van der Waals surface area contributed by atoms with E-state index >= 15 is 0 Å². The van der Waals surface area contributed by atoms with Gasteiger partial charge in [-0.3, -0.25) is 10.1 Å². The van der Waals surface area contributed by atoms with Crippen molar-refractivity contribution in [3.8, 4) is 11.5 Å². The molecule has 0 unspecified atom stereocenters. The normalized spacial score (nSPS) is 10.4. The molecule has 0 saturated carbocycles. The maximum absolute atomic E-state index is 12.0. The number of fused-ring (bicyclic) bond motifs is 1. The molecule has 1 heterocycles. The lowest BCUT2D eigenvalue weighted by Crippen LogP contribution is -2.17. The molecule has 0 atom stereocenters. The topological polar surface area (TPSA) is 98.0 Å². The summed E-state index contributed by atoms with van der Waals surface area (Å²) in [5.41, 5.74) is 2.69. The lowest BCUT2D eigenvalue weighted by atomic mass is 10.0. The van der Waals surface area contributed by atoms with Gasteiger partial charge >= 0.3 is 6.09 Å². The lowest BCUT2D eigenvalue weighted by Gasteiger charge is -2.11. The zero-order chi connectivity index (χ0) is 25.4. The standard InChI is InChI=1S/C16H18O4.C10H12ClNO2/c1-9(2)5-6-11-14(19-4)8-13(18)15-12(17)7-10(3)20-16(11)15;1-7(2)14-10(13)12-9-5-3-4-8(11)6-9/h5,7-8,18H,6H2,1-4H3;3-7H,1-2H3,(H,12,13). The smallest absolute Gasteiger partial charge is 0.411 e. The van der Waals surface area contributed by atoms with E-state index < -0.39 is 6.09 Å². The predicted octanol–water partition coefficient (Wildman–Crippen LogP) is 6.62. The summed E-state index contributed by atoms with van der Waals surface area (Å²) in [6.45, 7) is 9.28. The van der Waals surface area contributed by atoms with Gasteiger partial charge in [0, 0.05) is 28.4 Å². The Labute approximate surface area is 204 Å². The fourth-order valence-corrected chi connectivity index (χ4v) is 3.26. The van der Waals surface area contributed by atoms with Gasteiger partial charge in [-0.25, -0.2) is 4.79 Å². The number of ether oxygens (including phenoxy) is 2. The van der Waals surface area contributed by atoms with Crippen LogP contribution in [0.5, 0.6) is 11.5 Å². The second-order valence-electron chi connectivity index (χ2n) is 8.08. The van der Waals surface area contributed by atoms with E-state index in [2.05, 4.69) is 5.32 Å². The van der Waals surface area contributed by atoms with E-state index in [1.807, 2.05) is 19.9 Å². The number of allylic oxidation sites excluding steroid dienone is 2. The molecule has 2 N–H and O–H groups in total. The van der Waals surface area contributed by atoms with Crippen molar-refractivity contribution in [3.63, 3.8) is 0 Å². The van der Waals surface area contributed by atoms with Crippen molar-refractivity contribution in [2.75, 3.05) is 12.4 Å². The van der Waals surface area contributed by atoms with Crippen LogP contribution in [0.25, 0.3) is 11.0 Å². The van der Waals surface area contributed by atoms with E-state index in [0.717, 1.165) is 11.1 Å². The van der Waals surface area contributed by atoms with Crippen LogP contribution in [-0.2, 0) is 11.2 Å². The molecule has 3 rings (SSSR count). The number of nitrogens with one attached hydrogen (secondary N) is 1. The molecule has 0 saturated heterocycles. The first kappa shape index (κ1) is 26.8. The molecule has 0 aliphatic rings. The molecule has 0 aliphatic carbocycles. The maximum atomic E-state index is 12.0. The zero-order valence-electron chi connectivity index (χ0n) is 20.2. The van der Waals surface area contributed by atoms with Gasteiger partial charge in [-0.15, -0.1) is 0 Å². The number of rotatable bonds is 5. The van der Waals surface area contributed by atoms with Crippen LogP contribution in [0.15, 0.2) is 57.3 Å². The van der Waals surface area contributed by atoms with Gasteiger partial charge in [0.1, 0.15) is 28.2 Å². The van der Waals surface area contributed by atoms with E-state index in [0.29, 0.717) is 34.2 Å². The number of benzene rings is 2. The number of hydrogen-bond acceptors (Lipinski definition) is 6. The Bertz CT molecular complexity index is 1240. The summed E-state index contributed by atoms with van der Waals surface area (Å²) in [5, 5.41) is 13.3. The fourth-order valence-electron chi connectivity index (χ4n) is 3.07. The van der Waals surface area contributed by atoms with Crippen LogP contribution in [0.4, 0.5) is 10.5 Å². The van der Waals surface area contributed by atoms with Crippen molar-refractivity contribution in [1.82, 2.24) is 0 Å². The molecule has 3 aromatic rings. The average molecular weight is 488 g/mol. The quantitative estimate of drug-likeness (QED) is 0.392. The number of carbonyl (C=O) groups excluding carboxylic acids is 1. The molecule has 0 aliphatic heterocycles. The molecular formula is C26H30ClNO6. The van der Waals surface area contributed by atoms with Crippen LogP contribution in [0, 0.1) is 6.92 Å². The average Bonchev–Trinajstić information content (AvgIpc) is 2.71. The van der Waals surface area contributed by atoms with Crippen molar-refractivity contribution in [2.24, 2.45) is 0 Å². The predicted molar refractivity (Wildman–Crippen MR) is 135 cm³/mol. The number of methoxy groups -OCH3 is 1. The summed E-state index contributed by atoms with van der Waals surface area (Å²) in [7, 11) is 1.53. The molecular weight excluding hydrogens is 458 g/mol. The molecule has 34 heavy (non-hydrogen) atoms. The molecule has 2 aromatic carbocycles. The molecule has 1 aromatic heterocycles. The second kappa shape index (κ2) is 12.1. The van der Waals surface area contributed by atoms with Gasteiger partial charge < -0.3 is 19.0 Å². The summed E-state index contributed by atoms with van der Waals surface area (Å²) in [4.78, 5) is 23.2. The number of carbonyl (C=O) groups is 1. The molecule has 0 fully saturated rings. The number of hydrogen-bond donors (Lipinski definition) is 2. The summed E-state index contributed by atoms with van der Waals surface area (Å²) >= 11 is 5.74. The number of aryl methyl sites for hydroxylation is 1. The Hall–Kier alpha value is -3.45. The lowest BCUT2D eigenvalue weighted by molar-refractivity contribution is 0.130. The Morgan fingerprint density at radius 3 is 2.53 bits per heavy atom. The van der Waals surface area contributed by atoms with Gasteiger partial charge in [0.15, 0.2) is 5.43 Å². The van der Waals surface area contributed by atoms with E-state index in [9.17, 15) is 14.7 Å². The van der Waals surface area contributed by atoms with Crippen molar-refractivity contribution in [3.05, 3.63) is 74.6 Å². The number of phenolic OH excluding ortho intramolecular Hbond substituents is 1.